The molecule has 0 aromatic heterocycles. The number of nitrogens with one attached hydrogen (secondary N) is 4. The number of aliphatic carboxylic acids is 1. The van der Waals surface area contributed by atoms with Crippen LogP contribution in [-0.4, -0.2) is 167 Å². The first-order chi connectivity index (χ1) is 34.9. The van der Waals surface area contributed by atoms with Gasteiger partial charge in [0, 0.05) is 42.7 Å². The molecule has 0 saturated carbocycles. The van der Waals surface area contributed by atoms with E-state index in [9.17, 15) is 54.0 Å². The lowest BCUT2D eigenvalue weighted by atomic mass is 9.84. The molecule has 0 saturated heterocycles. The van der Waals surface area contributed by atoms with Crippen molar-refractivity contribution in [2.75, 3.05) is 45.4 Å². The topological polar surface area (TPSA) is 315 Å². The van der Waals surface area contributed by atoms with Crippen molar-refractivity contribution in [3.63, 3.8) is 0 Å². The van der Waals surface area contributed by atoms with E-state index in [4.69, 9.17) is 40.4 Å². The van der Waals surface area contributed by atoms with Gasteiger partial charge >= 0.3 is 24.1 Å². The van der Waals surface area contributed by atoms with Gasteiger partial charge in [-0.2, -0.15) is 0 Å². The number of carboxylic acid groups (broad SMARTS) is 1. The zero-order chi connectivity index (χ0) is 55.3. The lowest BCUT2D eigenvalue weighted by Crippen LogP contribution is -2.59. The van der Waals surface area contributed by atoms with Gasteiger partial charge in [0.15, 0.2) is 6.10 Å². The summed E-state index contributed by atoms with van der Waals surface area (Å²) in [6.07, 6.45) is -7.55. The van der Waals surface area contributed by atoms with Crippen molar-refractivity contribution in [2.24, 2.45) is 17.3 Å². The molecule has 2 aromatic carbocycles. The Morgan fingerprint density at radius 3 is 2.27 bits per heavy atom. The molecule has 0 fully saturated rings. The van der Waals surface area contributed by atoms with Crippen molar-refractivity contribution in [2.45, 2.75) is 121 Å². The van der Waals surface area contributed by atoms with Crippen molar-refractivity contribution >= 4 is 75.0 Å². The largest absolute Gasteiger partial charge is 0.508 e. The number of carboxylic acids is 1. The van der Waals surface area contributed by atoms with Crippen LogP contribution in [0.3, 0.4) is 0 Å². The normalized spacial score (nSPS) is 21.4. The molecule has 3 rings (SSSR count). The molecular formula is C50H71ClN4O17S2. The number of rotatable bonds is 24. The number of esters is 2. The smallest absolute Gasteiger partial charge is 0.495 e. The summed E-state index contributed by atoms with van der Waals surface area (Å²) in [7, 11) is 4.87. The summed E-state index contributed by atoms with van der Waals surface area (Å²) in [5.74, 6) is -6.47. The minimum Gasteiger partial charge on any atom is -0.495 e. The van der Waals surface area contributed by atoms with Crippen LogP contribution in [-0.2, 0) is 54.1 Å². The van der Waals surface area contributed by atoms with Gasteiger partial charge in [-0.25, -0.2) is 14.4 Å². The van der Waals surface area contributed by atoms with Crippen LogP contribution in [0, 0.1) is 17.3 Å². The summed E-state index contributed by atoms with van der Waals surface area (Å²) in [4.78, 5) is 93.6. The number of likely N-dealkylation sites (N-methyl/N-ethyl adjacent to an activating group) is 1. The molecule has 1 aliphatic rings. The average molecular weight is 1100 g/mol. The summed E-state index contributed by atoms with van der Waals surface area (Å²) in [6.45, 7) is 8.93. The standard InChI is InChI=1S/C50H71ClN4O17S2/c1-27(2)21-38-47(65)70-36(15-12-16-39(58)54-33(23-30-17-18-37(68-8)32(51)22-30)44(61)53-26-50(5,6)48(66)71-38)29(4)43(28(3)31-13-10-9-11-14-31)72-49(67)69-19-20-73-74-25-34(46(63)64)55-45(62)40(52-7)42(60)41(59)35(57)24-56/h9-14,16-18,22,27-29,33-36,38,40-43,52,56-57,59-60H,15,19-21,23-26H2,1-8H3,(H,53,61)(H,54,58)(H,55,62)(H,63,64)/b16-12+/t28-,29-,33+,34+,35+,36-,38-,40-,41+,42+,43-/m0/s1. The number of aliphatic hydroxyl groups excluding tert-OH is 4. The number of ether oxygens (including phenoxy) is 5. The van der Waals surface area contributed by atoms with Crippen LogP contribution in [0.25, 0.3) is 0 Å². The number of methoxy groups -OCH3 is 1. The lowest BCUT2D eigenvalue weighted by Gasteiger charge is -2.34. The van der Waals surface area contributed by atoms with Crippen molar-refractivity contribution < 1.29 is 82.8 Å². The van der Waals surface area contributed by atoms with Crippen LogP contribution in [0.15, 0.2) is 60.7 Å². The Morgan fingerprint density at radius 2 is 1.66 bits per heavy atom. The molecule has 24 heteroatoms. The molecule has 1 heterocycles. The number of amides is 3. The first-order valence-electron chi connectivity index (χ1n) is 23.9. The highest BCUT2D eigenvalue weighted by molar-refractivity contribution is 8.76. The maximum absolute atomic E-state index is 14.2. The second-order valence-electron chi connectivity index (χ2n) is 18.7. The van der Waals surface area contributed by atoms with Crippen molar-refractivity contribution in [1.82, 2.24) is 21.3 Å². The van der Waals surface area contributed by atoms with E-state index in [1.807, 2.05) is 32.0 Å². The van der Waals surface area contributed by atoms with Crippen LogP contribution in [0.2, 0.25) is 5.02 Å². The first kappa shape index (κ1) is 63.2. The monoisotopic (exact) mass is 1100 g/mol. The van der Waals surface area contributed by atoms with Gasteiger partial charge in [0.2, 0.25) is 17.7 Å². The van der Waals surface area contributed by atoms with E-state index in [1.165, 1.54) is 26.3 Å². The number of carbonyl (C=O) groups excluding carboxylic acids is 6. The van der Waals surface area contributed by atoms with Crippen LogP contribution >= 0.6 is 33.2 Å². The molecule has 0 spiro atoms. The number of hydrogen-bond donors (Lipinski definition) is 9. The van der Waals surface area contributed by atoms with Gasteiger partial charge in [-0.3, -0.25) is 19.2 Å². The summed E-state index contributed by atoms with van der Waals surface area (Å²) in [5, 5.41) is 59.5. The van der Waals surface area contributed by atoms with E-state index in [0.29, 0.717) is 16.3 Å². The van der Waals surface area contributed by atoms with E-state index >= 15 is 0 Å². The molecule has 1 aliphatic heterocycles. The van der Waals surface area contributed by atoms with Crippen molar-refractivity contribution in [3.05, 3.63) is 76.8 Å². The highest BCUT2D eigenvalue weighted by Crippen LogP contribution is 2.33. The third kappa shape index (κ3) is 19.9. The quantitative estimate of drug-likeness (QED) is 0.0316. The molecule has 412 valence electrons. The van der Waals surface area contributed by atoms with Crippen molar-refractivity contribution in [1.29, 1.82) is 0 Å². The Morgan fingerprint density at radius 1 is 0.973 bits per heavy atom. The molecule has 74 heavy (non-hydrogen) atoms. The van der Waals surface area contributed by atoms with Crippen molar-refractivity contribution in [3.8, 4) is 5.75 Å². The van der Waals surface area contributed by atoms with Crippen LogP contribution in [0.1, 0.15) is 71.4 Å². The fraction of sp³-hybridized carbons (Fsp3) is 0.580. The predicted molar refractivity (Wildman–Crippen MR) is 276 cm³/mol. The van der Waals surface area contributed by atoms with Gasteiger partial charge in [-0.05, 0) is 62.6 Å². The Bertz CT molecular complexity index is 2210. The van der Waals surface area contributed by atoms with Gasteiger partial charge in [0.25, 0.3) is 0 Å². The SMILES string of the molecule is CN[C@H](C(=O)N[C@H](CSSCCOC(=O)O[C@H]([C@@H](C)[C@@H]1C/C=C/C(=O)N[C@H](Cc2ccc(OC)c(Cl)c2)C(=O)NCC(C)(C)C(=O)O[C@@H](CC(C)C)C(=O)O1)[C@@H](C)c1ccccc1)C(=O)O)[C@@H](O)[C@H](O)[C@H](O)CO. The summed E-state index contributed by atoms with van der Waals surface area (Å²) >= 11 is 6.38. The predicted octanol–water partition coefficient (Wildman–Crippen LogP) is 2.92. The molecule has 0 aliphatic carbocycles. The average Bonchev–Trinajstić information content (AvgIpc) is 3.36. The van der Waals surface area contributed by atoms with E-state index in [1.54, 1.807) is 58.0 Å². The molecule has 0 unspecified atom stereocenters. The second-order valence-corrected chi connectivity index (χ2v) is 21.7. The maximum Gasteiger partial charge on any atom is 0.508 e. The second kappa shape index (κ2) is 31.0. The zero-order valence-corrected chi connectivity index (χ0v) is 45.1. The van der Waals surface area contributed by atoms with Gasteiger partial charge < -0.3 is 70.5 Å². The summed E-state index contributed by atoms with van der Waals surface area (Å²) in [6, 6.07) is 9.87. The Hall–Kier alpha value is -5.14. The fourth-order valence-corrected chi connectivity index (χ4v) is 9.81. The first-order valence-corrected chi connectivity index (χ1v) is 26.8. The maximum atomic E-state index is 14.2. The Kier molecular flexibility index (Phi) is 26.5. The van der Waals surface area contributed by atoms with E-state index in [0.717, 1.165) is 27.2 Å². The molecule has 9 N–H and O–H groups in total. The molecule has 0 bridgehead atoms. The number of hydrogen-bond acceptors (Lipinski definition) is 19. The molecule has 3 amide bonds. The van der Waals surface area contributed by atoms with Gasteiger partial charge in [-0.15, -0.1) is 0 Å². The van der Waals surface area contributed by atoms with E-state index < -0.39 is 120 Å². The van der Waals surface area contributed by atoms with Crippen LogP contribution < -0.4 is 26.0 Å². The number of benzene rings is 2. The third-order valence-corrected chi connectivity index (χ3v) is 14.7. The van der Waals surface area contributed by atoms with E-state index in [-0.39, 0.29) is 49.8 Å². The molecule has 21 nitrogen and oxygen atoms in total. The highest BCUT2D eigenvalue weighted by Gasteiger charge is 2.41. The zero-order valence-electron chi connectivity index (χ0n) is 42.7. The van der Waals surface area contributed by atoms with Gasteiger partial charge in [0.05, 0.1) is 24.2 Å². The molecule has 0 radical (unpaired) electrons. The minimum atomic E-state index is -1.92. The summed E-state index contributed by atoms with van der Waals surface area (Å²) < 4.78 is 28.7. The minimum absolute atomic E-state index is 0.0148. The fourth-order valence-electron chi connectivity index (χ4n) is 7.55. The van der Waals surface area contributed by atoms with Crippen LogP contribution in [0.5, 0.6) is 5.75 Å². The molecular weight excluding hydrogens is 1030 g/mol. The number of aliphatic hydroxyl groups is 4. The van der Waals surface area contributed by atoms with Gasteiger partial charge in [0.1, 0.15) is 61.0 Å². The molecule has 11 atom stereocenters. The van der Waals surface area contributed by atoms with E-state index in [2.05, 4.69) is 21.3 Å². The van der Waals surface area contributed by atoms with Gasteiger partial charge in [-0.1, -0.05) is 103 Å². The molecule has 2 aromatic rings. The Labute approximate surface area is 443 Å². The number of halogens is 1. The third-order valence-electron chi connectivity index (χ3n) is 12.0. The lowest BCUT2D eigenvalue weighted by molar-refractivity contribution is -0.180. The highest BCUT2D eigenvalue weighted by atomic mass is 35.5. The van der Waals surface area contributed by atoms with Crippen LogP contribution in [0.4, 0.5) is 4.79 Å². The summed E-state index contributed by atoms with van der Waals surface area (Å²) in [5.41, 5.74) is 0.00547. The Balaban J connectivity index is 1.85. The number of cyclic esters (lactones) is 2. The number of carbonyl (C=O) groups is 7.